The minimum absolute atomic E-state index is 0.0229. The summed E-state index contributed by atoms with van der Waals surface area (Å²) in [5.41, 5.74) is 4.61. The van der Waals surface area contributed by atoms with Crippen LogP contribution in [0.15, 0.2) is 78.9 Å². The fraction of sp³-hybridized carbons (Fsp3) is 0.526. The Morgan fingerprint density at radius 3 is 1.54 bits per heavy atom. The molecular weight excluding hydrogens is 504 g/mol. The van der Waals surface area contributed by atoms with Crippen molar-refractivity contribution in [3.8, 4) is 5.75 Å². The molecule has 3 aromatic rings. The molecule has 1 N–H and O–H groups in total. The molecule has 0 saturated heterocycles. The van der Waals surface area contributed by atoms with Gasteiger partial charge in [0.1, 0.15) is 5.75 Å². The molecule has 41 heavy (non-hydrogen) atoms. The Balaban J connectivity index is 1.67. The third kappa shape index (κ3) is 11.6. The highest BCUT2D eigenvalue weighted by atomic mass is 16.5. The molecule has 3 rings (SSSR count). The second kappa shape index (κ2) is 18.7. The Bertz CT molecular complexity index is 1080. The van der Waals surface area contributed by atoms with Crippen LogP contribution in [0.5, 0.6) is 5.75 Å². The number of aromatic hydroxyl groups is 1. The van der Waals surface area contributed by atoms with Gasteiger partial charge in [-0.25, -0.2) is 0 Å². The van der Waals surface area contributed by atoms with Gasteiger partial charge in [-0.2, -0.15) is 0 Å². The lowest BCUT2D eigenvalue weighted by Gasteiger charge is -2.26. The van der Waals surface area contributed by atoms with E-state index in [-0.39, 0.29) is 24.4 Å². The summed E-state index contributed by atoms with van der Waals surface area (Å²) in [6, 6.07) is 27.1. The minimum Gasteiger partial charge on any atom is -0.508 e. The van der Waals surface area contributed by atoms with Gasteiger partial charge in [0, 0.05) is 6.42 Å². The van der Waals surface area contributed by atoms with Gasteiger partial charge in [0.2, 0.25) is 0 Å². The van der Waals surface area contributed by atoms with Crippen LogP contribution in [0.2, 0.25) is 0 Å². The summed E-state index contributed by atoms with van der Waals surface area (Å²) in [5.74, 6) is 0.350. The van der Waals surface area contributed by atoms with Crippen LogP contribution in [0, 0.1) is 0 Å². The maximum atomic E-state index is 10.9. The first-order chi connectivity index (χ1) is 20.0. The SMILES string of the molecule is CCCCCCC(OC(C)Cc1cccc(O)c1CC(C)OC(CCCCCC)c1ccccc1)c1ccccc1. The molecule has 0 spiro atoms. The average Bonchev–Trinajstić information content (AvgIpc) is 2.99. The molecule has 3 aromatic carbocycles. The summed E-state index contributed by atoms with van der Waals surface area (Å²) in [5, 5.41) is 10.9. The van der Waals surface area contributed by atoms with Gasteiger partial charge in [0.05, 0.1) is 24.4 Å². The van der Waals surface area contributed by atoms with Crippen molar-refractivity contribution in [1.29, 1.82) is 0 Å². The van der Waals surface area contributed by atoms with E-state index in [4.69, 9.17) is 9.47 Å². The highest BCUT2D eigenvalue weighted by molar-refractivity contribution is 5.40. The zero-order chi connectivity index (χ0) is 29.3. The highest BCUT2D eigenvalue weighted by Gasteiger charge is 2.21. The molecule has 0 heterocycles. The van der Waals surface area contributed by atoms with Gasteiger partial charge in [0.25, 0.3) is 0 Å². The number of hydrogen-bond acceptors (Lipinski definition) is 3. The summed E-state index contributed by atoms with van der Waals surface area (Å²) >= 11 is 0. The smallest absolute Gasteiger partial charge is 0.119 e. The lowest BCUT2D eigenvalue weighted by molar-refractivity contribution is -0.0120. The van der Waals surface area contributed by atoms with Gasteiger partial charge in [-0.15, -0.1) is 0 Å². The van der Waals surface area contributed by atoms with Crippen LogP contribution in [-0.4, -0.2) is 17.3 Å². The van der Waals surface area contributed by atoms with E-state index in [0.717, 1.165) is 36.8 Å². The normalized spacial score (nSPS) is 14.4. The summed E-state index contributed by atoms with van der Waals surface area (Å²) < 4.78 is 13.4. The van der Waals surface area contributed by atoms with Crippen LogP contribution in [0.4, 0.5) is 0 Å². The van der Waals surface area contributed by atoms with Crippen LogP contribution in [-0.2, 0) is 22.3 Å². The monoisotopic (exact) mass is 558 g/mol. The average molecular weight is 559 g/mol. The predicted octanol–water partition coefficient (Wildman–Crippen LogP) is 10.7. The van der Waals surface area contributed by atoms with Crippen molar-refractivity contribution in [3.63, 3.8) is 0 Å². The molecule has 0 bridgehead atoms. The van der Waals surface area contributed by atoms with E-state index in [0.29, 0.717) is 12.2 Å². The molecule has 0 fully saturated rings. The number of unbranched alkanes of at least 4 members (excludes halogenated alkanes) is 6. The van der Waals surface area contributed by atoms with Crippen molar-refractivity contribution in [2.45, 2.75) is 129 Å². The lowest BCUT2D eigenvalue weighted by Crippen LogP contribution is -2.20. The second-order valence-corrected chi connectivity index (χ2v) is 11.7. The maximum Gasteiger partial charge on any atom is 0.119 e. The standard InChI is InChI=1S/C38H54O3/c1-5-7-9-17-26-37(32-20-13-11-14-21-32)40-30(3)28-34-24-19-25-36(39)35(34)29-31(4)41-38(27-18-10-8-6-2)33-22-15-12-16-23-33/h11-16,19-25,30-31,37-39H,5-10,17-18,26-29H2,1-4H3. The largest absolute Gasteiger partial charge is 0.508 e. The molecule has 0 amide bonds. The Morgan fingerprint density at radius 2 is 1.05 bits per heavy atom. The van der Waals surface area contributed by atoms with Crippen molar-refractivity contribution in [2.24, 2.45) is 0 Å². The van der Waals surface area contributed by atoms with Crippen molar-refractivity contribution >= 4 is 0 Å². The first-order valence-corrected chi connectivity index (χ1v) is 16.2. The summed E-state index contributed by atoms with van der Waals surface area (Å²) in [4.78, 5) is 0. The van der Waals surface area contributed by atoms with Crippen LogP contribution in [0.25, 0.3) is 0 Å². The molecule has 4 atom stereocenters. The Hall–Kier alpha value is -2.62. The van der Waals surface area contributed by atoms with Crippen LogP contribution >= 0.6 is 0 Å². The van der Waals surface area contributed by atoms with E-state index in [1.165, 1.54) is 56.1 Å². The van der Waals surface area contributed by atoms with E-state index in [2.05, 4.69) is 94.4 Å². The summed E-state index contributed by atoms with van der Waals surface area (Å²) in [7, 11) is 0. The van der Waals surface area contributed by atoms with Crippen molar-refractivity contribution < 1.29 is 14.6 Å². The fourth-order valence-electron chi connectivity index (χ4n) is 5.78. The molecule has 3 nitrogen and oxygen atoms in total. The molecule has 3 heteroatoms. The third-order valence-corrected chi connectivity index (χ3v) is 8.02. The lowest BCUT2D eigenvalue weighted by atomic mass is 9.96. The minimum atomic E-state index is -0.0229. The van der Waals surface area contributed by atoms with E-state index in [1.807, 2.05) is 6.07 Å². The topological polar surface area (TPSA) is 38.7 Å². The first kappa shape index (κ1) is 32.9. The Morgan fingerprint density at radius 1 is 0.561 bits per heavy atom. The molecule has 4 unspecified atom stereocenters. The number of phenolic OH excluding ortho intramolecular Hbond substituents is 1. The second-order valence-electron chi connectivity index (χ2n) is 11.7. The number of hydrogen-bond donors (Lipinski definition) is 1. The third-order valence-electron chi connectivity index (χ3n) is 8.02. The summed E-state index contributed by atoms with van der Waals surface area (Å²) in [6.45, 7) is 8.80. The van der Waals surface area contributed by atoms with Crippen molar-refractivity contribution in [3.05, 3.63) is 101 Å². The maximum absolute atomic E-state index is 10.9. The number of ether oxygens (including phenoxy) is 2. The number of rotatable bonds is 20. The van der Waals surface area contributed by atoms with Crippen LogP contribution in [0.1, 0.15) is 126 Å². The van der Waals surface area contributed by atoms with Crippen molar-refractivity contribution in [2.75, 3.05) is 0 Å². The van der Waals surface area contributed by atoms with E-state index in [9.17, 15) is 5.11 Å². The Labute approximate surface area is 250 Å². The highest BCUT2D eigenvalue weighted by Crippen LogP contribution is 2.31. The van der Waals surface area contributed by atoms with Gasteiger partial charge >= 0.3 is 0 Å². The zero-order valence-electron chi connectivity index (χ0n) is 26.1. The molecule has 0 aromatic heterocycles. The van der Waals surface area contributed by atoms with Gasteiger partial charge in [-0.1, -0.05) is 138 Å². The quantitative estimate of drug-likeness (QED) is 0.140. The first-order valence-electron chi connectivity index (χ1n) is 16.2. The molecule has 0 aliphatic heterocycles. The van der Waals surface area contributed by atoms with E-state index in [1.54, 1.807) is 6.07 Å². The molecule has 0 aliphatic carbocycles. The fourth-order valence-corrected chi connectivity index (χ4v) is 5.78. The molecular formula is C38H54O3. The molecule has 0 radical (unpaired) electrons. The van der Waals surface area contributed by atoms with E-state index >= 15 is 0 Å². The van der Waals surface area contributed by atoms with Crippen LogP contribution in [0.3, 0.4) is 0 Å². The van der Waals surface area contributed by atoms with Crippen LogP contribution < -0.4 is 0 Å². The predicted molar refractivity (Wildman–Crippen MR) is 172 cm³/mol. The molecule has 0 aliphatic rings. The zero-order valence-corrected chi connectivity index (χ0v) is 26.1. The molecule has 224 valence electrons. The van der Waals surface area contributed by atoms with Gasteiger partial charge < -0.3 is 14.6 Å². The Kier molecular flexibility index (Phi) is 15.0. The number of phenols is 1. The summed E-state index contributed by atoms with van der Waals surface area (Å²) in [6.07, 6.45) is 13.5. The van der Waals surface area contributed by atoms with Gasteiger partial charge in [-0.3, -0.25) is 0 Å². The number of benzene rings is 3. The van der Waals surface area contributed by atoms with Gasteiger partial charge in [-0.05, 0) is 61.4 Å². The van der Waals surface area contributed by atoms with E-state index < -0.39 is 0 Å². The molecule has 0 saturated carbocycles. The van der Waals surface area contributed by atoms with Gasteiger partial charge in [0.15, 0.2) is 0 Å². The van der Waals surface area contributed by atoms with Crippen molar-refractivity contribution in [1.82, 2.24) is 0 Å².